The summed E-state index contributed by atoms with van der Waals surface area (Å²) in [6.07, 6.45) is 2.37. The van der Waals surface area contributed by atoms with E-state index >= 15 is 0 Å². The third-order valence-corrected chi connectivity index (χ3v) is 6.74. The summed E-state index contributed by atoms with van der Waals surface area (Å²) in [5.41, 5.74) is 0.718. The molecule has 8 nitrogen and oxygen atoms in total. The van der Waals surface area contributed by atoms with Gasteiger partial charge >= 0.3 is 5.97 Å². The highest BCUT2D eigenvalue weighted by molar-refractivity contribution is 6.31. The van der Waals surface area contributed by atoms with Gasteiger partial charge in [-0.15, -0.1) is 0 Å². The molecule has 5 aromatic rings. The van der Waals surface area contributed by atoms with Gasteiger partial charge in [0.25, 0.3) is 0 Å². The minimum Gasteiger partial charge on any atom is -0.507 e. The smallest absolute Gasteiger partial charge is 0.312 e. The largest absolute Gasteiger partial charge is 0.507 e. The van der Waals surface area contributed by atoms with Crippen LogP contribution in [0.5, 0.6) is 17.2 Å². The summed E-state index contributed by atoms with van der Waals surface area (Å²) in [5, 5.41) is 11.3. The Morgan fingerprint density at radius 3 is 2.51 bits per heavy atom. The van der Waals surface area contributed by atoms with Crippen LogP contribution in [0.25, 0.3) is 33.1 Å². The number of fused-ring (bicyclic) bond motifs is 4. The van der Waals surface area contributed by atoms with Crippen molar-refractivity contribution in [3.63, 3.8) is 0 Å². The van der Waals surface area contributed by atoms with E-state index in [2.05, 4.69) is 0 Å². The topological polar surface area (TPSA) is 116 Å². The fourth-order valence-electron chi connectivity index (χ4n) is 4.73. The molecule has 0 fully saturated rings. The molecule has 1 N–H and O–H groups in total. The molecule has 9 heteroatoms. The lowest BCUT2D eigenvalue weighted by atomic mass is 9.85. The molecule has 0 saturated heterocycles. The highest BCUT2D eigenvalue weighted by Crippen LogP contribution is 2.45. The molecule has 6 rings (SSSR count). The zero-order valence-corrected chi connectivity index (χ0v) is 20.0. The van der Waals surface area contributed by atoms with Crippen LogP contribution in [0.1, 0.15) is 23.5 Å². The second-order valence-electron chi connectivity index (χ2n) is 8.61. The second kappa shape index (κ2) is 8.53. The van der Waals surface area contributed by atoms with Crippen molar-refractivity contribution in [1.29, 1.82) is 0 Å². The maximum atomic E-state index is 13.5. The van der Waals surface area contributed by atoms with Gasteiger partial charge in [0.1, 0.15) is 40.1 Å². The molecule has 0 bridgehead atoms. The van der Waals surface area contributed by atoms with Gasteiger partial charge in [0.15, 0.2) is 5.43 Å². The predicted octanol–water partition coefficient (Wildman–Crippen LogP) is 5.38. The van der Waals surface area contributed by atoms with Crippen LogP contribution in [0, 0.1) is 0 Å². The summed E-state index contributed by atoms with van der Waals surface area (Å²) in [7, 11) is 1.54. The Bertz CT molecular complexity index is 1850. The van der Waals surface area contributed by atoms with Crippen LogP contribution in [0.2, 0.25) is 5.02 Å². The second-order valence-corrected chi connectivity index (χ2v) is 9.05. The lowest BCUT2D eigenvalue weighted by Crippen LogP contribution is -2.25. The number of rotatable bonds is 3. The zero-order chi connectivity index (χ0) is 25.8. The van der Waals surface area contributed by atoms with Crippen molar-refractivity contribution in [3.05, 3.63) is 97.7 Å². The van der Waals surface area contributed by atoms with Gasteiger partial charge in [-0.1, -0.05) is 23.7 Å². The minimum absolute atomic E-state index is 0.00260. The number of aromatic hydroxyl groups is 1. The molecule has 0 radical (unpaired) electrons. The first kappa shape index (κ1) is 22.9. The minimum atomic E-state index is -0.853. The average molecular weight is 517 g/mol. The van der Waals surface area contributed by atoms with Crippen molar-refractivity contribution in [2.75, 3.05) is 7.11 Å². The monoisotopic (exact) mass is 516 g/mol. The quantitative estimate of drug-likeness (QED) is 0.251. The Labute approximate surface area is 213 Å². The number of halogens is 1. The van der Waals surface area contributed by atoms with E-state index in [1.165, 1.54) is 31.8 Å². The van der Waals surface area contributed by atoms with E-state index in [1.807, 2.05) is 0 Å². The van der Waals surface area contributed by atoms with Gasteiger partial charge in [0.2, 0.25) is 5.43 Å². The van der Waals surface area contributed by atoms with Gasteiger partial charge in [-0.05, 0) is 35.9 Å². The SMILES string of the molecule is COc1ccc(-c2coc3c4c(cc(O)c3c2=O)OC(=O)CC4c2coc3ccc(Cl)cc3c2=O)cc1. The lowest BCUT2D eigenvalue weighted by Gasteiger charge is -2.25. The molecule has 184 valence electrons. The van der Waals surface area contributed by atoms with Crippen LogP contribution in [0.15, 0.2) is 79.5 Å². The Balaban J connectivity index is 1.60. The summed E-state index contributed by atoms with van der Waals surface area (Å²) in [6, 6.07) is 12.7. The number of carbonyl (C=O) groups excluding carboxylic acids is 1. The first-order valence-corrected chi connectivity index (χ1v) is 11.6. The molecule has 1 atom stereocenters. The van der Waals surface area contributed by atoms with E-state index in [9.17, 15) is 19.5 Å². The third kappa shape index (κ3) is 3.65. The molecule has 0 aliphatic carbocycles. The zero-order valence-electron chi connectivity index (χ0n) is 19.2. The summed E-state index contributed by atoms with van der Waals surface area (Å²) in [4.78, 5) is 39.4. The van der Waals surface area contributed by atoms with Crippen molar-refractivity contribution in [3.8, 4) is 28.4 Å². The summed E-state index contributed by atoms with van der Waals surface area (Å²) < 4.78 is 22.1. The number of phenols is 1. The van der Waals surface area contributed by atoms with E-state index in [-0.39, 0.29) is 45.1 Å². The van der Waals surface area contributed by atoms with Gasteiger partial charge in [0, 0.05) is 28.1 Å². The molecule has 3 aromatic carbocycles. The molecule has 3 heterocycles. The van der Waals surface area contributed by atoms with Gasteiger partial charge < -0.3 is 23.4 Å². The third-order valence-electron chi connectivity index (χ3n) is 6.51. The van der Waals surface area contributed by atoms with Crippen molar-refractivity contribution in [1.82, 2.24) is 0 Å². The maximum Gasteiger partial charge on any atom is 0.312 e. The van der Waals surface area contributed by atoms with Gasteiger partial charge in [-0.3, -0.25) is 14.4 Å². The molecule has 0 amide bonds. The molecule has 1 aliphatic rings. The normalized spacial score (nSPS) is 15.0. The van der Waals surface area contributed by atoms with Crippen LogP contribution >= 0.6 is 11.6 Å². The van der Waals surface area contributed by atoms with E-state index < -0.39 is 23.1 Å². The Kier molecular flexibility index (Phi) is 5.27. The van der Waals surface area contributed by atoms with Crippen LogP contribution < -0.4 is 20.3 Å². The first-order chi connectivity index (χ1) is 17.9. The molecule has 2 aromatic heterocycles. The Morgan fingerprint density at radius 1 is 0.973 bits per heavy atom. The number of carbonyl (C=O) groups is 1. The van der Waals surface area contributed by atoms with Gasteiger partial charge in [0.05, 0.1) is 30.7 Å². The standard InChI is InChI=1S/C28H17ClO8/c1-34-15-5-2-13(3-6-15)18-11-36-28-24-16(9-23(31)37-22(24)10-20(30)25(28)27(18)33)19-12-35-21-7-4-14(29)8-17(21)26(19)32/h2-8,10-12,16,30H,9H2,1H3. The van der Waals surface area contributed by atoms with E-state index in [4.69, 9.17) is 29.9 Å². The first-order valence-electron chi connectivity index (χ1n) is 11.2. The van der Waals surface area contributed by atoms with Gasteiger partial charge in [-0.2, -0.15) is 0 Å². The maximum absolute atomic E-state index is 13.5. The van der Waals surface area contributed by atoms with Gasteiger partial charge in [-0.25, -0.2) is 0 Å². The van der Waals surface area contributed by atoms with E-state index in [0.717, 1.165) is 0 Å². The number of ether oxygens (including phenoxy) is 2. The summed E-state index contributed by atoms with van der Waals surface area (Å²) in [5.74, 6) is -1.26. The molecular weight excluding hydrogens is 500 g/mol. The Hall–Kier alpha value is -4.56. The van der Waals surface area contributed by atoms with Crippen LogP contribution in [-0.2, 0) is 4.79 Å². The fraction of sp³-hybridized carbons (Fsp3) is 0.107. The van der Waals surface area contributed by atoms with Crippen molar-refractivity contribution < 1.29 is 28.2 Å². The fourth-order valence-corrected chi connectivity index (χ4v) is 4.90. The molecule has 1 unspecified atom stereocenters. The molecule has 1 aliphatic heterocycles. The van der Waals surface area contributed by atoms with Crippen LogP contribution in [-0.4, -0.2) is 18.2 Å². The molecule has 37 heavy (non-hydrogen) atoms. The van der Waals surface area contributed by atoms with Crippen molar-refractivity contribution >= 4 is 39.5 Å². The predicted molar refractivity (Wildman–Crippen MR) is 136 cm³/mol. The molecule has 0 spiro atoms. The van der Waals surface area contributed by atoms with Crippen molar-refractivity contribution in [2.45, 2.75) is 12.3 Å². The summed E-state index contributed by atoms with van der Waals surface area (Å²) >= 11 is 6.09. The van der Waals surface area contributed by atoms with E-state index in [1.54, 1.807) is 36.4 Å². The highest BCUT2D eigenvalue weighted by atomic mass is 35.5. The number of methoxy groups -OCH3 is 1. The Morgan fingerprint density at radius 2 is 1.76 bits per heavy atom. The summed E-state index contributed by atoms with van der Waals surface area (Å²) in [6.45, 7) is 0. The van der Waals surface area contributed by atoms with Crippen molar-refractivity contribution in [2.24, 2.45) is 0 Å². The average Bonchev–Trinajstić information content (AvgIpc) is 2.89. The number of benzene rings is 3. The number of esters is 1. The number of hydrogen-bond donors (Lipinski definition) is 1. The lowest BCUT2D eigenvalue weighted by molar-refractivity contribution is -0.135. The van der Waals surface area contributed by atoms with E-state index in [0.29, 0.717) is 27.5 Å². The molecular formula is C28H17ClO8. The molecule has 0 saturated carbocycles. The number of phenolic OH excluding ortho intramolecular Hbond substituents is 1. The van der Waals surface area contributed by atoms with Crippen LogP contribution in [0.4, 0.5) is 0 Å². The van der Waals surface area contributed by atoms with Crippen LogP contribution in [0.3, 0.4) is 0 Å². The highest BCUT2D eigenvalue weighted by Gasteiger charge is 2.35. The number of hydrogen-bond acceptors (Lipinski definition) is 8.